The first-order chi connectivity index (χ1) is 17.5. The van der Waals surface area contributed by atoms with Crippen molar-refractivity contribution < 1.29 is 28.9 Å². The molecule has 1 amide bonds. The first-order valence-corrected chi connectivity index (χ1v) is 12.5. The molecule has 3 heterocycles. The van der Waals surface area contributed by atoms with E-state index in [0.29, 0.717) is 37.5 Å². The second-order valence-corrected chi connectivity index (χ2v) is 9.53. The number of carbonyl (C=O) groups is 2. The molecule has 0 aliphatic carbocycles. The molecule has 0 radical (unpaired) electrons. The fourth-order valence-electron chi connectivity index (χ4n) is 5.26. The molecule has 2 aromatic carbocycles. The second kappa shape index (κ2) is 10.3. The third kappa shape index (κ3) is 4.70. The van der Waals surface area contributed by atoms with E-state index in [0.717, 1.165) is 42.9 Å². The van der Waals surface area contributed by atoms with E-state index < -0.39 is 17.7 Å². The zero-order valence-corrected chi connectivity index (χ0v) is 20.7. The summed E-state index contributed by atoms with van der Waals surface area (Å²) in [5.74, 6) is 0.0551. The Bertz CT molecular complexity index is 1170. The highest BCUT2D eigenvalue weighted by molar-refractivity contribution is 6.46. The van der Waals surface area contributed by atoms with Crippen LogP contribution in [0.2, 0.25) is 0 Å². The Labute approximate surface area is 211 Å². The Morgan fingerprint density at radius 1 is 1.08 bits per heavy atom. The van der Waals surface area contributed by atoms with Crippen molar-refractivity contribution in [2.24, 2.45) is 0 Å². The predicted molar refractivity (Wildman–Crippen MR) is 134 cm³/mol. The lowest BCUT2D eigenvalue weighted by molar-refractivity contribution is -0.140. The van der Waals surface area contributed by atoms with Gasteiger partial charge in [-0.1, -0.05) is 12.1 Å². The van der Waals surface area contributed by atoms with Crippen molar-refractivity contribution in [1.82, 2.24) is 9.80 Å². The smallest absolute Gasteiger partial charge is 0.295 e. The molecular formula is C28H32N2O6. The lowest BCUT2D eigenvalue weighted by Crippen LogP contribution is -2.38. The van der Waals surface area contributed by atoms with Gasteiger partial charge < -0.3 is 24.2 Å². The second-order valence-electron chi connectivity index (χ2n) is 9.53. The normalized spacial score (nSPS) is 23.6. The Morgan fingerprint density at radius 3 is 2.56 bits per heavy atom. The van der Waals surface area contributed by atoms with Gasteiger partial charge >= 0.3 is 0 Å². The van der Waals surface area contributed by atoms with Crippen LogP contribution in [0.15, 0.2) is 48.0 Å². The molecule has 0 saturated carbocycles. The quantitative estimate of drug-likeness (QED) is 0.361. The molecule has 3 aliphatic heterocycles. The van der Waals surface area contributed by atoms with Crippen molar-refractivity contribution in [3.63, 3.8) is 0 Å². The van der Waals surface area contributed by atoms with Crippen LogP contribution >= 0.6 is 0 Å². The fraction of sp³-hybridized carbons (Fsp3) is 0.429. The summed E-state index contributed by atoms with van der Waals surface area (Å²) >= 11 is 0. The summed E-state index contributed by atoms with van der Waals surface area (Å²) in [5, 5.41) is 11.4. The highest BCUT2D eigenvalue weighted by Gasteiger charge is 2.46. The summed E-state index contributed by atoms with van der Waals surface area (Å²) in [7, 11) is 1.59. The van der Waals surface area contributed by atoms with Crippen molar-refractivity contribution in [2.75, 3.05) is 46.5 Å². The molecule has 0 bridgehead atoms. The van der Waals surface area contributed by atoms with Gasteiger partial charge in [-0.25, -0.2) is 0 Å². The van der Waals surface area contributed by atoms with Gasteiger partial charge in [-0.2, -0.15) is 0 Å². The van der Waals surface area contributed by atoms with Crippen LogP contribution in [0, 0.1) is 0 Å². The van der Waals surface area contributed by atoms with Crippen LogP contribution in [0.25, 0.3) is 5.76 Å². The van der Waals surface area contributed by atoms with Crippen molar-refractivity contribution in [2.45, 2.75) is 31.9 Å². The SMILES string of the molecule is COc1ccc([C@@H]2/C(=C(\O)c3ccc4c(c3)C[C@@H](C)O4)C(=O)C(=O)N2CCCN2CCOCC2)cc1. The Morgan fingerprint density at radius 2 is 1.83 bits per heavy atom. The van der Waals surface area contributed by atoms with Gasteiger partial charge in [0.15, 0.2) is 0 Å². The number of ether oxygens (including phenoxy) is 3. The zero-order valence-electron chi connectivity index (χ0n) is 20.7. The van der Waals surface area contributed by atoms with E-state index in [1.807, 2.05) is 31.2 Å². The van der Waals surface area contributed by atoms with Crippen LogP contribution in [-0.2, 0) is 20.7 Å². The number of Topliss-reactive ketones (excluding diaryl/α,β-unsaturated/α-hetero) is 1. The molecule has 2 fully saturated rings. The number of methoxy groups -OCH3 is 1. The highest BCUT2D eigenvalue weighted by Crippen LogP contribution is 2.41. The summed E-state index contributed by atoms with van der Waals surface area (Å²) < 4.78 is 16.5. The number of rotatable bonds is 7. The van der Waals surface area contributed by atoms with E-state index in [1.54, 1.807) is 30.2 Å². The molecule has 8 nitrogen and oxygen atoms in total. The number of aliphatic hydroxyl groups is 1. The average Bonchev–Trinajstić information content (AvgIpc) is 3.40. The molecule has 1 N–H and O–H groups in total. The van der Waals surface area contributed by atoms with E-state index in [4.69, 9.17) is 14.2 Å². The summed E-state index contributed by atoms with van der Waals surface area (Å²) in [4.78, 5) is 30.4. The third-order valence-electron chi connectivity index (χ3n) is 7.12. The first-order valence-electron chi connectivity index (χ1n) is 12.5. The zero-order chi connectivity index (χ0) is 25.2. The molecule has 2 aromatic rings. The number of likely N-dealkylation sites (tertiary alicyclic amines) is 1. The van der Waals surface area contributed by atoms with Crippen molar-refractivity contribution in [3.05, 3.63) is 64.7 Å². The largest absolute Gasteiger partial charge is 0.507 e. The van der Waals surface area contributed by atoms with Gasteiger partial charge in [-0.05, 0) is 54.8 Å². The third-order valence-corrected chi connectivity index (χ3v) is 7.12. The van der Waals surface area contributed by atoms with Crippen molar-refractivity contribution >= 4 is 17.4 Å². The number of nitrogens with zero attached hydrogens (tertiary/aromatic N) is 2. The minimum absolute atomic E-state index is 0.0636. The van der Waals surface area contributed by atoms with Gasteiger partial charge in [0.25, 0.3) is 11.7 Å². The summed E-state index contributed by atoms with van der Waals surface area (Å²) in [5.41, 5.74) is 2.35. The monoisotopic (exact) mass is 492 g/mol. The molecule has 8 heteroatoms. The van der Waals surface area contributed by atoms with Crippen LogP contribution < -0.4 is 9.47 Å². The lowest BCUT2D eigenvalue weighted by Gasteiger charge is -2.29. The first kappa shape index (κ1) is 24.3. The maximum Gasteiger partial charge on any atom is 0.295 e. The van der Waals surface area contributed by atoms with Crippen LogP contribution in [-0.4, -0.2) is 79.2 Å². The number of aliphatic hydroxyl groups excluding tert-OH is 1. The molecule has 0 unspecified atom stereocenters. The summed E-state index contributed by atoms with van der Waals surface area (Å²) in [6, 6.07) is 12.0. The number of benzene rings is 2. The molecule has 2 saturated heterocycles. The standard InChI is InChI=1S/C28H32N2O6/c1-18-16-21-17-20(6-9-23(21)36-18)26(31)24-25(19-4-7-22(34-2)8-5-19)30(28(33)27(24)32)11-3-10-29-12-14-35-15-13-29/h4-9,17-18,25,31H,3,10-16H2,1-2H3/b26-24+/t18-,25-/m1/s1. The Hall–Kier alpha value is -3.36. The van der Waals surface area contributed by atoms with Gasteiger partial charge in [0.1, 0.15) is 23.4 Å². The van der Waals surface area contributed by atoms with Crippen molar-refractivity contribution in [3.8, 4) is 11.5 Å². The van der Waals surface area contributed by atoms with Gasteiger partial charge in [0.05, 0.1) is 31.9 Å². The van der Waals surface area contributed by atoms with Crippen LogP contribution in [0.5, 0.6) is 11.5 Å². The Balaban J connectivity index is 1.48. The molecule has 36 heavy (non-hydrogen) atoms. The number of fused-ring (bicyclic) bond motifs is 1. The maximum atomic E-state index is 13.3. The molecule has 2 atom stereocenters. The minimum Gasteiger partial charge on any atom is -0.507 e. The van der Waals surface area contributed by atoms with E-state index in [9.17, 15) is 14.7 Å². The Kier molecular flexibility index (Phi) is 6.98. The van der Waals surface area contributed by atoms with E-state index in [2.05, 4.69) is 4.90 Å². The average molecular weight is 493 g/mol. The summed E-state index contributed by atoms with van der Waals surface area (Å²) in [6.45, 7) is 6.35. The van der Waals surface area contributed by atoms with E-state index >= 15 is 0 Å². The minimum atomic E-state index is -0.677. The van der Waals surface area contributed by atoms with Gasteiger partial charge in [-0.15, -0.1) is 0 Å². The summed E-state index contributed by atoms with van der Waals surface area (Å²) in [6.07, 6.45) is 1.51. The molecule has 0 aromatic heterocycles. The van der Waals surface area contributed by atoms with Crippen LogP contribution in [0.4, 0.5) is 0 Å². The molecule has 3 aliphatic rings. The highest BCUT2D eigenvalue weighted by atomic mass is 16.5. The van der Waals surface area contributed by atoms with Crippen LogP contribution in [0.1, 0.15) is 36.1 Å². The predicted octanol–water partition coefficient (Wildman–Crippen LogP) is 3.16. The molecule has 190 valence electrons. The maximum absolute atomic E-state index is 13.3. The van der Waals surface area contributed by atoms with E-state index in [-0.39, 0.29) is 17.4 Å². The molecule has 5 rings (SSSR count). The van der Waals surface area contributed by atoms with Gasteiger partial charge in [0.2, 0.25) is 0 Å². The topological polar surface area (TPSA) is 88.5 Å². The fourth-order valence-corrected chi connectivity index (χ4v) is 5.26. The number of ketones is 1. The number of carbonyl (C=O) groups excluding carboxylic acids is 2. The number of morpholine rings is 1. The number of amides is 1. The van der Waals surface area contributed by atoms with Crippen molar-refractivity contribution in [1.29, 1.82) is 0 Å². The number of hydrogen-bond acceptors (Lipinski definition) is 7. The molecular weight excluding hydrogens is 460 g/mol. The van der Waals surface area contributed by atoms with Crippen LogP contribution in [0.3, 0.4) is 0 Å². The number of hydrogen-bond donors (Lipinski definition) is 1. The lowest BCUT2D eigenvalue weighted by atomic mass is 9.94. The molecule has 0 spiro atoms. The van der Waals surface area contributed by atoms with E-state index in [1.165, 1.54) is 0 Å². The van der Waals surface area contributed by atoms with Gasteiger partial charge in [0, 0.05) is 38.2 Å². The van der Waals surface area contributed by atoms with Gasteiger partial charge in [-0.3, -0.25) is 14.5 Å².